The Bertz CT molecular complexity index is 431. The fraction of sp³-hybridized carbons (Fsp3) is 0.667. The van der Waals surface area contributed by atoms with E-state index in [-0.39, 0.29) is 5.82 Å². The minimum absolute atomic E-state index is 0.117. The molecule has 0 saturated heterocycles. The molecule has 0 aliphatic heterocycles. The van der Waals surface area contributed by atoms with Crippen molar-refractivity contribution in [1.29, 1.82) is 0 Å². The molecule has 0 amide bonds. The van der Waals surface area contributed by atoms with Crippen molar-refractivity contribution in [2.75, 3.05) is 13.1 Å². The Labute approximate surface area is 128 Å². The van der Waals surface area contributed by atoms with Crippen LogP contribution >= 0.6 is 0 Å². The van der Waals surface area contributed by atoms with E-state index in [0.29, 0.717) is 24.0 Å². The molecule has 1 aromatic rings. The minimum Gasteiger partial charge on any atom is -0.313 e. The van der Waals surface area contributed by atoms with Crippen molar-refractivity contribution in [3.8, 4) is 0 Å². The zero-order valence-electron chi connectivity index (χ0n) is 13.8. The lowest BCUT2D eigenvalue weighted by molar-refractivity contribution is 0.168. The first-order chi connectivity index (χ1) is 9.97. The van der Waals surface area contributed by atoms with Crippen molar-refractivity contribution < 1.29 is 4.39 Å². The standard InChI is InChI=1S/C18H29FN2/c1-13(2)21(14(3)4)9-8-20-18-11-16(12-18)15-6-5-7-17(19)10-15/h5-7,10,13-14,16,18,20H,8-9,11-12H2,1-4H3. The number of hydrogen-bond donors (Lipinski definition) is 1. The van der Waals surface area contributed by atoms with E-state index in [1.807, 2.05) is 12.1 Å². The van der Waals surface area contributed by atoms with E-state index in [1.54, 1.807) is 6.07 Å². The highest BCUT2D eigenvalue weighted by Crippen LogP contribution is 2.36. The van der Waals surface area contributed by atoms with Gasteiger partial charge < -0.3 is 5.32 Å². The van der Waals surface area contributed by atoms with Crippen LogP contribution in [0, 0.1) is 5.82 Å². The highest BCUT2D eigenvalue weighted by Gasteiger charge is 2.30. The van der Waals surface area contributed by atoms with E-state index in [1.165, 1.54) is 6.07 Å². The third kappa shape index (κ3) is 4.52. The number of rotatable bonds is 7. The van der Waals surface area contributed by atoms with Crippen LogP contribution in [0.15, 0.2) is 24.3 Å². The number of nitrogens with one attached hydrogen (secondary N) is 1. The molecule has 118 valence electrons. The fourth-order valence-electron chi connectivity index (χ4n) is 3.33. The van der Waals surface area contributed by atoms with Crippen LogP contribution in [-0.2, 0) is 0 Å². The first-order valence-electron chi connectivity index (χ1n) is 8.22. The van der Waals surface area contributed by atoms with Gasteiger partial charge in [0.2, 0.25) is 0 Å². The van der Waals surface area contributed by atoms with E-state index >= 15 is 0 Å². The molecule has 1 fully saturated rings. The molecule has 0 aromatic heterocycles. The van der Waals surface area contributed by atoms with Crippen LogP contribution in [0.2, 0.25) is 0 Å². The first kappa shape index (κ1) is 16.4. The smallest absolute Gasteiger partial charge is 0.123 e. The Morgan fingerprint density at radius 1 is 1.19 bits per heavy atom. The molecule has 0 atom stereocenters. The van der Waals surface area contributed by atoms with E-state index in [2.05, 4.69) is 37.9 Å². The topological polar surface area (TPSA) is 15.3 Å². The largest absolute Gasteiger partial charge is 0.313 e. The summed E-state index contributed by atoms with van der Waals surface area (Å²) in [6.45, 7) is 11.1. The molecule has 1 aliphatic carbocycles. The maximum atomic E-state index is 13.2. The average molecular weight is 292 g/mol. The summed E-state index contributed by atoms with van der Waals surface area (Å²) in [5.74, 6) is 0.415. The lowest BCUT2D eigenvalue weighted by atomic mass is 9.76. The summed E-state index contributed by atoms with van der Waals surface area (Å²) in [5, 5.41) is 3.64. The van der Waals surface area contributed by atoms with Gasteiger partial charge in [0.15, 0.2) is 0 Å². The van der Waals surface area contributed by atoms with Crippen LogP contribution in [0.4, 0.5) is 4.39 Å². The lowest BCUT2D eigenvalue weighted by Gasteiger charge is -2.38. The van der Waals surface area contributed by atoms with Gasteiger partial charge in [0, 0.05) is 31.2 Å². The first-order valence-corrected chi connectivity index (χ1v) is 8.22. The average Bonchev–Trinajstić information content (AvgIpc) is 2.35. The molecule has 0 bridgehead atoms. The number of halogens is 1. The van der Waals surface area contributed by atoms with Gasteiger partial charge in [-0.25, -0.2) is 4.39 Å². The van der Waals surface area contributed by atoms with E-state index < -0.39 is 0 Å². The van der Waals surface area contributed by atoms with Crippen molar-refractivity contribution in [2.24, 2.45) is 0 Å². The summed E-state index contributed by atoms with van der Waals surface area (Å²) < 4.78 is 13.2. The van der Waals surface area contributed by atoms with Gasteiger partial charge in [0.1, 0.15) is 5.82 Å². The van der Waals surface area contributed by atoms with Crippen LogP contribution in [0.3, 0.4) is 0 Å². The quantitative estimate of drug-likeness (QED) is 0.823. The summed E-state index contributed by atoms with van der Waals surface area (Å²) in [6.07, 6.45) is 2.26. The molecule has 3 heteroatoms. The minimum atomic E-state index is -0.117. The highest BCUT2D eigenvalue weighted by atomic mass is 19.1. The third-order valence-electron chi connectivity index (χ3n) is 4.59. The predicted molar refractivity (Wildman–Crippen MR) is 87.1 cm³/mol. The molecular weight excluding hydrogens is 263 g/mol. The Hall–Kier alpha value is -0.930. The maximum Gasteiger partial charge on any atom is 0.123 e. The number of benzene rings is 1. The summed E-state index contributed by atoms with van der Waals surface area (Å²) in [4.78, 5) is 2.51. The molecule has 1 N–H and O–H groups in total. The van der Waals surface area contributed by atoms with E-state index in [9.17, 15) is 4.39 Å². The molecule has 0 spiro atoms. The Morgan fingerprint density at radius 2 is 1.86 bits per heavy atom. The summed E-state index contributed by atoms with van der Waals surface area (Å²) in [6, 6.07) is 8.84. The molecule has 2 rings (SSSR count). The lowest BCUT2D eigenvalue weighted by Crippen LogP contribution is -2.46. The summed E-state index contributed by atoms with van der Waals surface area (Å²) >= 11 is 0. The van der Waals surface area contributed by atoms with Crippen LogP contribution in [0.5, 0.6) is 0 Å². The molecule has 1 saturated carbocycles. The van der Waals surface area contributed by atoms with Crippen molar-refractivity contribution >= 4 is 0 Å². The Balaban J connectivity index is 1.69. The normalized spacial score (nSPS) is 22.1. The van der Waals surface area contributed by atoms with Gasteiger partial charge in [-0.05, 0) is 64.2 Å². The fourth-order valence-corrected chi connectivity index (χ4v) is 3.33. The van der Waals surface area contributed by atoms with Crippen LogP contribution < -0.4 is 5.32 Å². The number of nitrogens with zero attached hydrogens (tertiary/aromatic N) is 1. The molecular formula is C18H29FN2. The van der Waals surface area contributed by atoms with E-state index in [0.717, 1.165) is 31.5 Å². The second-order valence-electron chi connectivity index (χ2n) is 6.80. The predicted octanol–water partition coefficient (Wildman–Crippen LogP) is 3.78. The van der Waals surface area contributed by atoms with Crippen molar-refractivity contribution in [3.63, 3.8) is 0 Å². The monoisotopic (exact) mass is 292 g/mol. The SMILES string of the molecule is CC(C)N(CCNC1CC(c2cccc(F)c2)C1)C(C)C. The van der Waals surface area contributed by atoms with Crippen molar-refractivity contribution in [3.05, 3.63) is 35.6 Å². The van der Waals surface area contributed by atoms with Crippen LogP contribution in [0.25, 0.3) is 0 Å². The zero-order chi connectivity index (χ0) is 15.4. The molecule has 0 radical (unpaired) electrons. The third-order valence-corrected chi connectivity index (χ3v) is 4.59. The maximum absolute atomic E-state index is 13.2. The molecule has 0 unspecified atom stereocenters. The molecule has 1 aromatic carbocycles. The highest BCUT2D eigenvalue weighted by molar-refractivity contribution is 5.23. The van der Waals surface area contributed by atoms with Gasteiger partial charge in [-0.2, -0.15) is 0 Å². The molecule has 0 heterocycles. The molecule has 21 heavy (non-hydrogen) atoms. The van der Waals surface area contributed by atoms with Gasteiger partial charge in [-0.15, -0.1) is 0 Å². The van der Waals surface area contributed by atoms with Crippen LogP contribution in [-0.4, -0.2) is 36.1 Å². The number of hydrogen-bond acceptors (Lipinski definition) is 2. The van der Waals surface area contributed by atoms with Gasteiger partial charge >= 0.3 is 0 Å². The summed E-state index contributed by atoms with van der Waals surface area (Å²) in [5.41, 5.74) is 1.15. The second kappa shape index (κ2) is 7.37. The Kier molecular flexibility index (Phi) is 5.77. The van der Waals surface area contributed by atoms with Gasteiger partial charge in [-0.1, -0.05) is 12.1 Å². The van der Waals surface area contributed by atoms with Crippen molar-refractivity contribution in [1.82, 2.24) is 10.2 Å². The van der Waals surface area contributed by atoms with Crippen LogP contribution in [0.1, 0.15) is 52.0 Å². The second-order valence-corrected chi connectivity index (χ2v) is 6.80. The van der Waals surface area contributed by atoms with Gasteiger partial charge in [-0.3, -0.25) is 4.90 Å². The van der Waals surface area contributed by atoms with Gasteiger partial charge in [0.05, 0.1) is 0 Å². The summed E-state index contributed by atoms with van der Waals surface area (Å²) in [7, 11) is 0. The molecule has 2 nitrogen and oxygen atoms in total. The van der Waals surface area contributed by atoms with Crippen molar-refractivity contribution in [2.45, 2.75) is 64.6 Å². The van der Waals surface area contributed by atoms with E-state index in [4.69, 9.17) is 0 Å². The zero-order valence-corrected chi connectivity index (χ0v) is 13.8. The Morgan fingerprint density at radius 3 is 2.43 bits per heavy atom. The van der Waals surface area contributed by atoms with Gasteiger partial charge in [0.25, 0.3) is 0 Å². The molecule has 1 aliphatic rings.